The van der Waals surface area contributed by atoms with E-state index >= 15 is 0 Å². The van der Waals surface area contributed by atoms with Crippen molar-refractivity contribution in [1.29, 1.82) is 0 Å². The Labute approximate surface area is 121 Å². The molecule has 0 radical (unpaired) electrons. The molecular weight excluding hydrogens is 284 g/mol. The van der Waals surface area contributed by atoms with Gasteiger partial charge in [0.15, 0.2) is 11.6 Å². The molecular formula is C14H17F2NO2S. The lowest BCUT2D eigenvalue weighted by Crippen LogP contribution is -2.45. The fourth-order valence-electron chi connectivity index (χ4n) is 2.16. The van der Waals surface area contributed by atoms with Crippen LogP contribution >= 0.6 is 11.8 Å². The maximum Gasteiger partial charge on any atom is 0.232 e. The molecule has 0 bridgehead atoms. The van der Waals surface area contributed by atoms with Crippen LogP contribution < -0.4 is 0 Å². The van der Waals surface area contributed by atoms with Gasteiger partial charge in [0, 0.05) is 18.0 Å². The van der Waals surface area contributed by atoms with Gasteiger partial charge in [-0.15, -0.1) is 11.8 Å². The number of halogens is 2. The monoisotopic (exact) mass is 301 g/mol. The van der Waals surface area contributed by atoms with Crippen molar-refractivity contribution >= 4 is 17.7 Å². The topological polar surface area (TPSA) is 40.5 Å². The summed E-state index contributed by atoms with van der Waals surface area (Å²) >= 11 is 1.19. The van der Waals surface area contributed by atoms with Crippen molar-refractivity contribution in [2.24, 2.45) is 5.92 Å². The van der Waals surface area contributed by atoms with Gasteiger partial charge < -0.3 is 10.0 Å². The third-order valence-corrected chi connectivity index (χ3v) is 4.44. The van der Waals surface area contributed by atoms with Crippen LogP contribution in [-0.4, -0.2) is 40.9 Å². The molecule has 1 saturated heterocycles. The van der Waals surface area contributed by atoms with Gasteiger partial charge in [-0.2, -0.15) is 0 Å². The molecule has 1 amide bonds. The Morgan fingerprint density at radius 1 is 1.45 bits per heavy atom. The highest BCUT2D eigenvalue weighted by Gasteiger charge is 2.26. The highest BCUT2D eigenvalue weighted by atomic mass is 32.2. The first-order chi connectivity index (χ1) is 9.47. The van der Waals surface area contributed by atoms with Crippen molar-refractivity contribution in [3.63, 3.8) is 0 Å². The molecule has 1 aromatic carbocycles. The van der Waals surface area contributed by atoms with Gasteiger partial charge in [-0.3, -0.25) is 4.79 Å². The van der Waals surface area contributed by atoms with Crippen molar-refractivity contribution in [1.82, 2.24) is 4.90 Å². The highest BCUT2D eigenvalue weighted by Crippen LogP contribution is 2.22. The van der Waals surface area contributed by atoms with Crippen LogP contribution in [0.4, 0.5) is 8.78 Å². The number of piperidine rings is 1. The molecule has 1 fully saturated rings. The molecule has 1 heterocycles. The first-order valence-electron chi connectivity index (χ1n) is 6.51. The number of thioether (sulfide) groups is 1. The van der Waals surface area contributed by atoms with Crippen LogP contribution in [0.3, 0.4) is 0 Å². The predicted molar refractivity (Wildman–Crippen MR) is 73.4 cm³/mol. The molecule has 2 rings (SSSR count). The standard InChI is InChI=1S/C14H17F2NO2S/c1-9-7-17(5-4-13(9)18)14(19)8-20-10-2-3-11(15)12(16)6-10/h2-3,6,9,13,18H,4-5,7-8H2,1H3. The van der Waals surface area contributed by atoms with Crippen molar-refractivity contribution < 1.29 is 18.7 Å². The number of likely N-dealkylation sites (tertiary alicyclic amines) is 1. The van der Waals surface area contributed by atoms with Gasteiger partial charge in [0.05, 0.1) is 11.9 Å². The van der Waals surface area contributed by atoms with E-state index in [2.05, 4.69) is 0 Å². The molecule has 0 aliphatic carbocycles. The SMILES string of the molecule is CC1CN(C(=O)CSc2ccc(F)c(F)c2)CCC1O. The van der Waals surface area contributed by atoms with Crippen LogP contribution in [0.2, 0.25) is 0 Å². The van der Waals surface area contributed by atoms with Gasteiger partial charge in [-0.05, 0) is 30.5 Å². The lowest BCUT2D eigenvalue weighted by atomic mass is 9.97. The fraction of sp³-hybridized carbons (Fsp3) is 0.500. The van der Waals surface area contributed by atoms with E-state index in [1.165, 1.54) is 17.8 Å². The Morgan fingerprint density at radius 2 is 2.20 bits per heavy atom. The second-order valence-corrected chi connectivity index (χ2v) is 6.09. The molecule has 0 saturated carbocycles. The maximum absolute atomic E-state index is 13.0. The average Bonchev–Trinajstić information content (AvgIpc) is 2.43. The van der Waals surface area contributed by atoms with Crippen molar-refractivity contribution in [3.8, 4) is 0 Å². The number of carbonyl (C=O) groups is 1. The number of carbonyl (C=O) groups excluding carboxylic acids is 1. The van der Waals surface area contributed by atoms with Crippen molar-refractivity contribution in [2.45, 2.75) is 24.3 Å². The predicted octanol–water partition coefficient (Wildman–Crippen LogP) is 2.29. The minimum Gasteiger partial charge on any atom is -0.393 e. The van der Waals surface area contributed by atoms with E-state index in [0.29, 0.717) is 24.4 Å². The van der Waals surface area contributed by atoms with Crippen molar-refractivity contribution in [2.75, 3.05) is 18.8 Å². The molecule has 0 spiro atoms. The minimum absolute atomic E-state index is 0.0431. The third-order valence-electron chi connectivity index (χ3n) is 3.47. The first-order valence-corrected chi connectivity index (χ1v) is 7.49. The van der Waals surface area contributed by atoms with Crippen LogP contribution in [-0.2, 0) is 4.79 Å². The number of hydrogen-bond donors (Lipinski definition) is 1. The Balaban J connectivity index is 1.87. The number of aliphatic hydroxyl groups excluding tert-OH is 1. The van der Waals surface area contributed by atoms with E-state index in [1.807, 2.05) is 6.92 Å². The number of hydrogen-bond acceptors (Lipinski definition) is 3. The molecule has 110 valence electrons. The molecule has 2 unspecified atom stereocenters. The van der Waals surface area contributed by atoms with E-state index in [0.717, 1.165) is 12.1 Å². The highest BCUT2D eigenvalue weighted by molar-refractivity contribution is 8.00. The van der Waals surface area contributed by atoms with Gasteiger partial charge >= 0.3 is 0 Å². The molecule has 1 aliphatic rings. The van der Waals surface area contributed by atoms with Crippen molar-refractivity contribution in [3.05, 3.63) is 29.8 Å². The zero-order chi connectivity index (χ0) is 14.7. The second-order valence-electron chi connectivity index (χ2n) is 5.04. The van der Waals surface area contributed by atoms with Crippen LogP contribution in [0.15, 0.2) is 23.1 Å². The summed E-state index contributed by atoms with van der Waals surface area (Å²) in [6.45, 7) is 2.99. The smallest absolute Gasteiger partial charge is 0.232 e. The largest absolute Gasteiger partial charge is 0.393 e. The number of aliphatic hydroxyl groups is 1. The minimum atomic E-state index is -0.905. The van der Waals surface area contributed by atoms with Gasteiger partial charge in [-0.1, -0.05) is 6.92 Å². The summed E-state index contributed by atoms with van der Waals surface area (Å²) < 4.78 is 25.8. The van der Waals surface area contributed by atoms with Crippen LogP contribution in [0.25, 0.3) is 0 Å². The molecule has 20 heavy (non-hydrogen) atoms. The summed E-state index contributed by atoms with van der Waals surface area (Å²) in [5, 5.41) is 9.62. The Morgan fingerprint density at radius 3 is 2.85 bits per heavy atom. The number of benzene rings is 1. The summed E-state index contributed by atoms with van der Waals surface area (Å²) in [7, 11) is 0. The number of rotatable bonds is 3. The van der Waals surface area contributed by atoms with Gasteiger partial charge in [0.1, 0.15) is 0 Å². The number of amides is 1. The Bertz CT molecular complexity index is 498. The quantitative estimate of drug-likeness (QED) is 0.871. The molecule has 1 aromatic rings. The van der Waals surface area contributed by atoms with Crippen LogP contribution in [0.1, 0.15) is 13.3 Å². The van der Waals surface area contributed by atoms with E-state index in [1.54, 1.807) is 4.90 Å². The molecule has 1 N–H and O–H groups in total. The van der Waals surface area contributed by atoms with E-state index in [-0.39, 0.29) is 23.7 Å². The maximum atomic E-state index is 13.0. The van der Waals surface area contributed by atoms with E-state index < -0.39 is 11.6 Å². The van der Waals surface area contributed by atoms with E-state index in [4.69, 9.17) is 0 Å². The summed E-state index contributed by atoms with van der Waals surface area (Å²) in [4.78, 5) is 14.3. The second kappa shape index (κ2) is 6.54. The van der Waals surface area contributed by atoms with Gasteiger partial charge in [0.25, 0.3) is 0 Å². The fourth-order valence-corrected chi connectivity index (χ4v) is 2.99. The van der Waals surface area contributed by atoms with Gasteiger partial charge in [0.2, 0.25) is 5.91 Å². The normalized spacial score (nSPS) is 22.9. The zero-order valence-corrected chi connectivity index (χ0v) is 12.0. The summed E-state index contributed by atoms with van der Waals surface area (Å²) in [5.41, 5.74) is 0. The van der Waals surface area contributed by atoms with Gasteiger partial charge in [-0.25, -0.2) is 8.78 Å². The molecule has 2 atom stereocenters. The average molecular weight is 301 g/mol. The first kappa shape index (κ1) is 15.3. The van der Waals surface area contributed by atoms with Crippen LogP contribution in [0.5, 0.6) is 0 Å². The molecule has 1 aliphatic heterocycles. The molecule has 0 aromatic heterocycles. The Hall–Kier alpha value is -1.14. The van der Waals surface area contributed by atoms with Crippen LogP contribution in [0, 0.1) is 17.6 Å². The Kier molecular flexibility index (Phi) is 4.99. The molecule has 6 heteroatoms. The summed E-state index contributed by atoms with van der Waals surface area (Å²) in [6.07, 6.45) is 0.237. The van der Waals surface area contributed by atoms with E-state index in [9.17, 15) is 18.7 Å². The zero-order valence-electron chi connectivity index (χ0n) is 11.2. The number of nitrogens with zero attached hydrogens (tertiary/aromatic N) is 1. The lowest BCUT2D eigenvalue weighted by Gasteiger charge is -2.34. The summed E-state index contributed by atoms with van der Waals surface area (Å²) in [5.74, 6) is -1.58. The lowest BCUT2D eigenvalue weighted by molar-refractivity contribution is -0.131. The summed E-state index contributed by atoms with van der Waals surface area (Å²) in [6, 6.07) is 3.61. The molecule has 3 nitrogen and oxygen atoms in total. The third kappa shape index (κ3) is 3.70.